The van der Waals surface area contributed by atoms with Crippen molar-refractivity contribution in [3.63, 3.8) is 0 Å². The molecule has 7 heteroatoms. The molecule has 30 heavy (non-hydrogen) atoms. The van der Waals surface area contributed by atoms with E-state index in [4.69, 9.17) is 16.3 Å². The monoisotopic (exact) mass is 428 g/mol. The molecule has 0 bridgehead atoms. The summed E-state index contributed by atoms with van der Waals surface area (Å²) in [6.07, 6.45) is -0.174. The van der Waals surface area contributed by atoms with E-state index in [-0.39, 0.29) is 18.8 Å². The minimum Gasteiger partial charge on any atom is -0.372 e. The Balaban J connectivity index is 1.76. The van der Waals surface area contributed by atoms with Gasteiger partial charge >= 0.3 is 0 Å². The number of rotatable bonds is 4. The average molecular weight is 429 g/mol. The molecule has 0 aromatic heterocycles. The van der Waals surface area contributed by atoms with Gasteiger partial charge in [-0.2, -0.15) is 0 Å². The third-order valence-electron chi connectivity index (χ3n) is 5.30. The highest BCUT2D eigenvalue weighted by molar-refractivity contribution is 6.35. The molecule has 2 atom stereocenters. The molecule has 0 spiro atoms. The molecule has 0 saturated carbocycles. The molecule has 0 radical (unpaired) electrons. The molecule has 156 valence electrons. The topological polar surface area (TPSA) is 49.9 Å². The van der Waals surface area contributed by atoms with Gasteiger partial charge in [-0.1, -0.05) is 41.9 Å². The molecular weight excluding hydrogens is 407 g/mol. The molecule has 2 heterocycles. The first-order valence-electron chi connectivity index (χ1n) is 9.85. The molecule has 2 aromatic carbocycles. The van der Waals surface area contributed by atoms with Crippen LogP contribution in [0.4, 0.5) is 4.39 Å². The van der Waals surface area contributed by atoms with E-state index in [9.17, 15) is 14.0 Å². The molecule has 2 aliphatic rings. The van der Waals surface area contributed by atoms with Crippen LogP contribution >= 0.6 is 11.6 Å². The van der Waals surface area contributed by atoms with Crippen molar-refractivity contribution in [3.8, 4) is 0 Å². The second-order valence-corrected chi connectivity index (χ2v) is 8.12. The molecule has 0 N–H and O–H groups in total. The predicted octanol–water partition coefficient (Wildman–Crippen LogP) is 3.87. The maximum atomic E-state index is 14.2. The van der Waals surface area contributed by atoms with Gasteiger partial charge in [-0.15, -0.1) is 0 Å². The van der Waals surface area contributed by atoms with Gasteiger partial charge in [0.2, 0.25) is 0 Å². The highest BCUT2D eigenvalue weighted by atomic mass is 35.5. The number of carbonyl (C=O) groups is 2. The van der Waals surface area contributed by atoms with Crippen molar-refractivity contribution >= 4 is 29.0 Å². The summed E-state index contributed by atoms with van der Waals surface area (Å²) < 4.78 is 20.0. The Bertz CT molecular complexity index is 1010. The van der Waals surface area contributed by atoms with Crippen LogP contribution in [0.5, 0.6) is 0 Å². The number of amides is 2. The normalized spacial score (nSPS) is 22.3. The molecule has 1 saturated heterocycles. The maximum absolute atomic E-state index is 14.2. The Morgan fingerprint density at radius 2 is 1.63 bits per heavy atom. The van der Waals surface area contributed by atoms with Gasteiger partial charge in [0.05, 0.1) is 24.3 Å². The van der Waals surface area contributed by atoms with E-state index in [0.717, 1.165) is 4.90 Å². The molecule has 2 amide bonds. The van der Waals surface area contributed by atoms with Crippen LogP contribution in [0.3, 0.4) is 0 Å². The minimum absolute atomic E-state index is 0.0868. The number of nitrogens with zero attached hydrogens (tertiary/aromatic N) is 2. The summed E-state index contributed by atoms with van der Waals surface area (Å²) in [4.78, 5) is 29.8. The molecule has 0 aliphatic carbocycles. The lowest BCUT2D eigenvalue weighted by molar-refractivity contribution is -0.139. The van der Waals surface area contributed by atoms with E-state index >= 15 is 0 Å². The maximum Gasteiger partial charge on any atom is 0.278 e. The van der Waals surface area contributed by atoms with Crippen LogP contribution in [0.2, 0.25) is 5.02 Å². The Morgan fingerprint density at radius 1 is 1.00 bits per heavy atom. The summed E-state index contributed by atoms with van der Waals surface area (Å²) in [5.41, 5.74) is 1.55. The third kappa shape index (κ3) is 3.85. The first-order chi connectivity index (χ1) is 14.3. The van der Waals surface area contributed by atoms with E-state index in [1.165, 1.54) is 6.07 Å². The van der Waals surface area contributed by atoms with Gasteiger partial charge in [0.1, 0.15) is 11.5 Å². The summed E-state index contributed by atoms with van der Waals surface area (Å²) in [5, 5.41) is 0.537. The van der Waals surface area contributed by atoms with Crippen molar-refractivity contribution in [2.45, 2.75) is 32.6 Å². The van der Waals surface area contributed by atoms with Crippen LogP contribution in [0.25, 0.3) is 5.57 Å². The van der Waals surface area contributed by atoms with Crippen LogP contribution in [0, 0.1) is 5.82 Å². The first kappa shape index (κ1) is 20.6. The summed E-state index contributed by atoms with van der Waals surface area (Å²) >= 11 is 6.01. The lowest BCUT2D eigenvalue weighted by Gasteiger charge is -2.37. The zero-order valence-corrected chi connectivity index (χ0v) is 17.5. The SMILES string of the molecule is CC1CN(C2=C(c3ccc(Cl)cc3)C(=O)N(Cc3ccccc3F)C2=O)CC(C)O1. The number of hydrogen-bond donors (Lipinski definition) is 0. The Morgan fingerprint density at radius 3 is 2.27 bits per heavy atom. The van der Waals surface area contributed by atoms with E-state index in [2.05, 4.69) is 0 Å². The number of morpholine rings is 1. The smallest absolute Gasteiger partial charge is 0.278 e. The van der Waals surface area contributed by atoms with Crippen LogP contribution < -0.4 is 0 Å². The largest absolute Gasteiger partial charge is 0.372 e. The molecule has 2 aromatic rings. The summed E-state index contributed by atoms with van der Waals surface area (Å²) in [7, 11) is 0. The molecule has 5 nitrogen and oxygen atoms in total. The Labute approximate surface area is 179 Å². The van der Waals surface area contributed by atoms with Gasteiger partial charge in [-0.3, -0.25) is 14.5 Å². The third-order valence-corrected chi connectivity index (χ3v) is 5.55. The fraction of sp³-hybridized carbons (Fsp3) is 0.304. The number of hydrogen-bond acceptors (Lipinski definition) is 4. The van der Waals surface area contributed by atoms with Crippen LogP contribution in [-0.2, 0) is 20.9 Å². The summed E-state index contributed by atoms with van der Waals surface area (Å²) in [6, 6.07) is 13.0. The van der Waals surface area contributed by atoms with Gasteiger partial charge in [-0.05, 0) is 37.6 Å². The van der Waals surface area contributed by atoms with Crippen molar-refractivity contribution in [2.75, 3.05) is 13.1 Å². The lowest BCUT2D eigenvalue weighted by atomic mass is 10.0. The van der Waals surface area contributed by atoms with E-state index < -0.39 is 17.6 Å². The minimum atomic E-state index is -0.451. The number of carbonyl (C=O) groups excluding carboxylic acids is 2. The van der Waals surface area contributed by atoms with Crippen LogP contribution in [0.15, 0.2) is 54.2 Å². The van der Waals surface area contributed by atoms with E-state index in [1.807, 2.05) is 18.7 Å². The van der Waals surface area contributed by atoms with E-state index in [1.54, 1.807) is 42.5 Å². The van der Waals surface area contributed by atoms with Crippen molar-refractivity contribution < 1.29 is 18.7 Å². The van der Waals surface area contributed by atoms with Crippen LogP contribution in [-0.4, -0.2) is 46.9 Å². The number of benzene rings is 2. The van der Waals surface area contributed by atoms with Crippen molar-refractivity contribution in [3.05, 3.63) is 76.2 Å². The molecule has 2 aliphatic heterocycles. The number of halogens is 2. The van der Waals surface area contributed by atoms with Gasteiger partial charge in [-0.25, -0.2) is 4.39 Å². The second-order valence-electron chi connectivity index (χ2n) is 7.68. The average Bonchev–Trinajstić information content (AvgIpc) is 2.94. The Kier molecular flexibility index (Phi) is 5.62. The summed E-state index contributed by atoms with van der Waals surface area (Å²) in [5.74, 6) is -1.31. The molecule has 1 fully saturated rings. The predicted molar refractivity (Wildman–Crippen MR) is 112 cm³/mol. The highest BCUT2D eigenvalue weighted by Gasteiger charge is 2.43. The van der Waals surface area contributed by atoms with E-state index in [0.29, 0.717) is 40.5 Å². The fourth-order valence-electron chi connectivity index (χ4n) is 4.03. The van der Waals surface area contributed by atoms with Crippen molar-refractivity contribution in [2.24, 2.45) is 0 Å². The molecular formula is C23H22ClFN2O3. The van der Waals surface area contributed by atoms with Gasteiger partial charge in [0.15, 0.2) is 0 Å². The van der Waals surface area contributed by atoms with Gasteiger partial charge in [0.25, 0.3) is 11.8 Å². The van der Waals surface area contributed by atoms with Crippen molar-refractivity contribution in [1.29, 1.82) is 0 Å². The van der Waals surface area contributed by atoms with Gasteiger partial charge < -0.3 is 9.64 Å². The lowest BCUT2D eigenvalue weighted by Crippen LogP contribution is -2.46. The quantitative estimate of drug-likeness (QED) is 0.694. The zero-order chi connectivity index (χ0) is 21.4. The van der Waals surface area contributed by atoms with Gasteiger partial charge in [0, 0.05) is 23.7 Å². The first-order valence-corrected chi connectivity index (χ1v) is 10.2. The van der Waals surface area contributed by atoms with Crippen molar-refractivity contribution in [1.82, 2.24) is 9.80 Å². The number of imide groups is 1. The van der Waals surface area contributed by atoms with Crippen LogP contribution in [0.1, 0.15) is 25.0 Å². The number of ether oxygens (including phenoxy) is 1. The molecule has 2 unspecified atom stereocenters. The highest BCUT2D eigenvalue weighted by Crippen LogP contribution is 2.34. The zero-order valence-electron chi connectivity index (χ0n) is 16.8. The molecule has 4 rings (SSSR count). The fourth-order valence-corrected chi connectivity index (χ4v) is 4.16. The summed E-state index contributed by atoms with van der Waals surface area (Å²) in [6.45, 7) is 4.72. The Hall–Kier alpha value is -2.70. The standard InChI is InChI=1S/C23H22ClFN2O3/c1-14-11-26(12-15(2)30-14)21-20(16-7-9-18(24)10-8-16)22(28)27(23(21)29)13-17-5-3-4-6-19(17)25/h3-10,14-15H,11-13H2,1-2H3. The second kappa shape index (κ2) is 8.20.